The number of nitrogens with zero attached hydrogens (tertiary/aromatic N) is 1. The topological polar surface area (TPSA) is 78.5 Å². The molecule has 1 fully saturated rings. The molecule has 1 heterocycles. The molecule has 3 atom stereocenters. The molecule has 3 amide bonds. The minimum Gasteiger partial charge on any atom is -0.354 e. The Balaban J connectivity index is 1.33. The number of hydrogen-bond donors (Lipinski definition) is 2. The molecule has 2 aliphatic rings. The minimum atomic E-state index is -2.94. The number of carbonyl (C=O) groups excluding carboxylic acids is 3. The van der Waals surface area contributed by atoms with Crippen molar-refractivity contribution in [3.8, 4) is 11.1 Å². The van der Waals surface area contributed by atoms with Gasteiger partial charge in [0.2, 0.25) is 11.8 Å². The van der Waals surface area contributed by atoms with Gasteiger partial charge in [-0.1, -0.05) is 72.8 Å². The molecule has 1 aliphatic carbocycles. The van der Waals surface area contributed by atoms with Gasteiger partial charge in [0.15, 0.2) is 0 Å². The number of halogens is 2. The summed E-state index contributed by atoms with van der Waals surface area (Å²) >= 11 is 0. The summed E-state index contributed by atoms with van der Waals surface area (Å²) in [6, 6.07) is 22.1. The van der Waals surface area contributed by atoms with E-state index < -0.39 is 35.1 Å². The van der Waals surface area contributed by atoms with Gasteiger partial charge in [-0.05, 0) is 29.7 Å². The highest BCUT2D eigenvalue weighted by molar-refractivity contribution is 6.07. The molecule has 3 aromatic carbocycles. The van der Waals surface area contributed by atoms with Crippen LogP contribution in [0.5, 0.6) is 0 Å². The molecular formula is C29H27F2N3O3. The van der Waals surface area contributed by atoms with Crippen molar-refractivity contribution in [2.75, 3.05) is 18.5 Å². The molecule has 8 heteroatoms. The van der Waals surface area contributed by atoms with Crippen molar-refractivity contribution in [2.24, 2.45) is 5.92 Å². The van der Waals surface area contributed by atoms with Gasteiger partial charge < -0.3 is 15.5 Å². The van der Waals surface area contributed by atoms with Crippen LogP contribution in [0.3, 0.4) is 0 Å². The molecule has 1 saturated carbocycles. The van der Waals surface area contributed by atoms with E-state index in [1.807, 2.05) is 36.4 Å². The third kappa shape index (κ3) is 4.16. The number of para-hydroxylation sites is 1. The lowest BCUT2D eigenvalue weighted by Gasteiger charge is -2.24. The van der Waals surface area contributed by atoms with E-state index in [4.69, 9.17) is 0 Å². The van der Waals surface area contributed by atoms with Crippen LogP contribution in [0.15, 0.2) is 78.9 Å². The number of hydrogen-bond acceptors (Lipinski definition) is 3. The van der Waals surface area contributed by atoms with E-state index in [-0.39, 0.29) is 18.9 Å². The van der Waals surface area contributed by atoms with Crippen molar-refractivity contribution >= 4 is 23.4 Å². The molecule has 2 N–H and O–H groups in total. The predicted molar refractivity (Wildman–Crippen MR) is 136 cm³/mol. The first kappa shape index (κ1) is 24.6. The van der Waals surface area contributed by atoms with Crippen molar-refractivity contribution in [3.05, 3.63) is 90.0 Å². The molecule has 6 nitrogen and oxygen atoms in total. The normalized spacial score (nSPS) is 22.2. The van der Waals surface area contributed by atoms with Gasteiger partial charge in [0.1, 0.15) is 12.0 Å². The molecule has 0 bridgehead atoms. The third-order valence-electron chi connectivity index (χ3n) is 7.47. The molecule has 190 valence electrons. The van der Waals surface area contributed by atoms with Crippen LogP contribution < -0.4 is 15.5 Å². The average molecular weight is 504 g/mol. The van der Waals surface area contributed by atoms with Crippen LogP contribution in [0.1, 0.15) is 30.5 Å². The number of alkyl halides is 2. The fourth-order valence-electron chi connectivity index (χ4n) is 5.05. The molecule has 0 saturated heterocycles. The summed E-state index contributed by atoms with van der Waals surface area (Å²) < 4.78 is 28.7. The Hall–Kier alpha value is -4.07. The summed E-state index contributed by atoms with van der Waals surface area (Å²) in [5.41, 5.74) is 1.95. The van der Waals surface area contributed by atoms with E-state index in [0.29, 0.717) is 16.8 Å². The lowest BCUT2D eigenvalue weighted by Crippen LogP contribution is -2.47. The largest absolute Gasteiger partial charge is 0.354 e. The second-order valence-corrected chi connectivity index (χ2v) is 9.71. The Bertz CT molecular complexity index is 1380. The van der Waals surface area contributed by atoms with Crippen molar-refractivity contribution in [1.29, 1.82) is 0 Å². The highest BCUT2D eigenvalue weighted by Crippen LogP contribution is 2.61. The number of amides is 3. The van der Waals surface area contributed by atoms with Crippen molar-refractivity contribution in [2.45, 2.75) is 30.7 Å². The standard InChI is InChI=1S/C29H27F2N3O3/c1-18(25(35)32-17-28(16-29(28,30)31)19-10-4-3-5-11-19)26(36)33-24-22-14-7-6-12-20(22)21-13-8-9-15-23(21)34(2)27(24)37/h3-15,18,24H,16-17H2,1-2H3,(H,32,35)(H,33,36). The lowest BCUT2D eigenvalue weighted by atomic mass is 9.94. The predicted octanol–water partition coefficient (Wildman–Crippen LogP) is 4.22. The number of rotatable bonds is 6. The monoisotopic (exact) mass is 503 g/mol. The first-order valence-corrected chi connectivity index (χ1v) is 12.1. The minimum absolute atomic E-state index is 0.288. The van der Waals surface area contributed by atoms with E-state index in [2.05, 4.69) is 10.6 Å². The Morgan fingerprint density at radius 2 is 1.54 bits per heavy atom. The zero-order valence-electron chi connectivity index (χ0n) is 20.5. The number of nitrogens with one attached hydrogen (secondary N) is 2. The summed E-state index contributed by atoms with van der Waals surface area (Å²) in [5, 5.41) is 5.28. The van der Waals surface area contributed by atoms with Gasteiger partial charge in [-0.15, -0.1) is 0 Å². The van der Waals surface area contributed by atoms with E-state index in [1.165, 1.54) is 11.8 Å². The summed E-state index contributed by atoms with van der Waals surface area (Å²) in [7, 11) is 1.64. The Kier molecular flexibility index (Phi) is 6.06. The molecule has 0 spiro atoms. The van der Waals surface area contributed by atoms with Crippen LogP contribution >= 0.6 is 0 Å². The van der Waals surface area contributed by atoms with E-state index >= 15 is 0 Å². The van der Waals surface area contributed by atoms with Crippen LogP contribution in [0.2, 0.25) is 0 Å². The van der Waals surface area contributed by atoms with E-state index in [9.17, 15) is 23.2 Å². The number of anilines is 1. The highest BCUT2D eigenvalue weighted by Gasteiger charge is 2.71. The molecule has 5 rings (SSSR count). The van der Waals surface area contributed by atoms with E-state index in [0.717, 1.165) is 11.1 Å². The quantitative estimate of drug-likeness (QED) is 0.495. The van der Waals surface area contributed by atoms with Gasteiger partial charge in [0.05, 0.1) is 11.1 Å². The van der Waals surface area contributed by atoms with E-state index in [1.54, 1.807) is 49.5 Å². The Labute approximate surface area is 213 Å². The number of benzene rings is 3. The summed E-state index contributed by atoms with van der Waals surface area (Å²) in [6.07, 6.45) is -0.370. The fraction of sp³-hybridized carbons (Fsp3) is 0.276. The molecule has 1 aliphatic heterocycles. The highest BCUT2D eigenvalue weighted by atomic mass is 19.3. The summed E-state index contributed by atoms with van der Waals surface area (Å²) in [4.78, 5) is 40.9. The van der Waals surface area contributed by atoms with Crippen LogP contribution in [-0.4, -0.2) is 37.2 Å². The number of fused-ring (bicyclic) bond motifs is 3. The SMILES string of the molecule is CC(C(=O)NCC1(c2ccccc2)CC1(F)F)C(=O)NC1C(=O)N(C)c2ccccc2-c2ccccc21. The number of likely N-dealkylation sites (N-methyl/N-ethyl adjacent to an activating group) is 1. The molecule has 0 aromatic heterocycles. The van der Waals surface area contributed by atoms with Crippen LogP contribution in [-0.2, 0) is 19.8 Å². The Morgan fingerprint density at radius 3 is 2.22 bits per heavy atom. The average Bonchev–Trinajstić information content (AvgIpc) is 3.52. The molecule has 37 heavy (non-hydrogen) atoms. The first-order valence-electron chi connectivity index (χ1n) is 12.1. The maximum absolute atomic E-state index is 14.4. The molecule has 3 aromatic rings. The smallest absolute Gasteiger partial charge is 0.260 e. The second-order valence-electron chi connectivity index (χ2n) is 9.71. The zero-order valence-corrected chi connectivity index (χ0v) is 20.5. The van der Waals surface area contributed by atoms with Gasteiger partial charge in [-0.25, -0.2) is 8.78 Å². The second kappa shape index (κ2) is 9.10. The van der Waals surface area contributed by atoms with Crippen LogP contribution in [0.25, 0.3) is 11.1 Å². The van der Waals surface area contributed by atoms with Crippen LogP contribution in [0, 0.1) is 5.92 Å². The molecular weight excluding hydrogens is 476 g/mol. The number of carbonyl (C=O) groups is 3. The molecule has 0 radical (unpaired) electrons. The van der Waals surface area contributed by atoms with Gasteiger partial charge in [0, 0.05) is 25.6 Å². The first-order chi connectivity index (χ1) is 17.7. The van der Waals surface area contributed by atoms with Gasteiger partial charge in [-0.2, -0.15) is 0 Å². The van der Waals surface area contributed by atoms with Crippen molar-refractivity contribution < 1.29 is 23.2 Å². The lowest BCUT2D eigenvalue weighted by molar-refractivity contribution is -0.136. The maximum atomic E-state index is 14.4. The molecule has 3 unspecified atom stereocenters. The zero-order chi connectivity index (χ0) is 26.4. The fourth-order valence-corrected chi connectivity index (χ4v) is 5.05. The van der Waals surface area contributed by atoms with Gasteiger partial charge in [-0.3, -0.25) is 14.4 Å². The Morgan fingerprint density at radius 1 is 0.946 bits per heavy atom. The van der Waals surface area contributed by atoms with Crippen LogP contribution in [0.4, 0.5) is 14.5 Å². The summed E-state index contributed by atoms with van der Waals surface area (Å²) in [5.74, 6) is -5.83. The van der Waals surface area contributed by atoms with Crippen molar-refractivity contribution in [1.82, 2.24) is 10.6 Å². The van der Waals surface area contributed by atoms with Gasteiger partial charge in [0.25, 0.3) is 11.8 Å². The van der Waals surface area contributed by atoms with Crippen molar-refractivity contribution in [3.63, 3.8) is 0 Å². The maximum Gasteiger partial charge on any atom is 0.260 e. The summed E-state index contributed by atoms with van der Waals surface area (Å²) in [6.45, 7) is 1.11. The van der Waals surface area contributed by atoms with Gasteiger partial charge >= 0.3 is 0 Å². The third-order valence-corrected chi connectivity index (χ3v) is 7.47.